The van der Waals surface area contributed by atoms with Gasteiger partial charge in [-0.25, -0.2) is 9.97 Å². The number of thioether (sulfide) groups is 1. The summed E-state index contributed by atoms with van der Waals surface area (Å²) in [6.07, 6.45) is 2.90. The van der Waals surface area contributed by atoms with Gasteiger partial charge in [-0.05, 0) is 12.7 Å². The number of aliphatic hydroxyl groups is 1. The Hall–Kier alpha value is -0.520. The van der Waals surface area contributed by atoms with Crippen LogP contribution in [0.5, 0.6) is 0 Å². The number of anilines is 1. The largest absolute Gasteiger partial charge is 0.395 e. The highest BCUT2D eigenvalue weighted by atomic mass is 35.5. The summed E-state index contributed by atoms with van der Waals surface area (Å²) in [6, 6.07) is 1.73. The molecule has 0 aliphatic rings. The van der Waals surface area contributed by atoms with Gasteiger partial charge < -0.3 is 10.0 Å². The molecule has 0 aromatic carbocycles. The first-order chi connectivity index (χ1) is 7.71. The van der Waals surface area contributed by atoms with Gasteiger partial charge in [-0.2, -0.15) is 0 Å². The molecule has 0 spiro atoms. The summed E-state index contributed by atoms with van der Waals surface area (Å²) in [5.74, 6) is 0.778. The zero-order valence-corrected chi connectivity index (χ0v) is 11.1. The third kappa shape index (κ3) is 3.81. The molecule has 0 saturated carbocycles. The fourth-order valence-corrected chi connectivity index (χ4v) is 1.97. The average molecular weight is 262 g/mol. The van der Waals surface area contributed by atoms with Crippen LogP contribution >= 0.6 is 23.4 Å². The summed E-state index contributed by atoms with van der Waals surface area (Å²) in [7, 11) is 0. The van der Waals surface area contributed by atoms with Gasteiger partial charge >= 0.3 is 0 Å². The van der Waals surface area contributed by atoms with Crippen LogP contribution in [0.1, 0.15) is 13.3 Å². The zero-order valence-electron chi connectivity index (χ0n) is 9.48. The second kappa shape index (κ2) is 6.93. The van der Waals surface area contributed by atoms with Crippen LogP contribution in [-0.4, -0.2) is 41.0 Å². The Labute approximate surface area is 105 Å². The lowest BCUT2D eigenvalue weighted by molar-refractivity contribution is 0.301. The molecule has 1 rings (SSSR count). The zero-order chi connectivity index (χ0) is 12.0. The number of hydrogen-bond acceptors (Lipinski definition) is 5. The fourth-order valence-electron chi connectivity index (χ4n) is 1.37. The van der Waals surface area contributed by atoms with E-state index in [9.17, 15) is 0 Å². The predicted octanol–water partition coefficient (Wildman–Crippen LogP) is 2.06. The van der Waals surface area contributed by atoms with E-state index in [1.165, 1.54) is 11.8 Å². The van der Waals surface area contributed by atoms with E-state index in [1.807, 2.05) is 11.2 Å². The van der Waals surface area contributed by atoms with Gasteiger partial charge in [0.2, 0.25) is 0 Å². The van der Waals surface area contributed by atoms with E-state index in [-0.39, 0.29) is 6.61 Å². The molecule has 4 nitrogen and oxygen atoms in total. The van der Waals surface area contributed by atoms with E-state index in [1.54, 1.807) is 6.07 Å². The highest BCUT2D eigenvalue weighted by Crippen LogP contribution is 2.20. The van der Waals surface area contributed by atoms with E-state index in [0.717, 1.165) is 18.8 Å². The topological polar surface area (TPSA) is 49.2 Å². The van der Waals surface area contributed by atoms with Crippen molar-refractivity contribution in [3.05, 3.63) is 11.2 Å². The lowest BCUT2D eigenvalue weighted by Gasteiger charge is -2.22. The molecule has 0 saturated heterocycles. The standard InChI is InChI=1S/C10H16ClN3OS/c1-3-4-14(5-6-15)9-7-8(11)12-10(13-9)16-2/h7,15H,3-6H2,1-2H3. The van der Waals surface area contributed by atoms with Gasteiger partial charge in [0.25, 0.3) is 0 Å². The Balaban J connectivity index is 2.93. The second-order valence-corrected chi connectivity index (χ2v) is 4.41. The quantitative estimate of drug-likeness (QED) is 0.483. The maximum atomic E-state index is 9.00. The number of aliphatic hydroxyl groups excluding tert-OH is 1. The van der Waals surface area contributed by atoms with Crippen molar-refractivity contribution in [2.24, 2.45) is 0 Å². The van der Waals surface area contributed by atoms with E-state index in [0.29, 0.717) is 16.9 Å². The smallest absolute Gasteiger partial charge is 0.190 e. The Morgan fingerprint density at radius 1 is 1.44 bits per heavy atom. The van der Waals surface area contributed by atoms with Crippen molar-refractivity contribution in [2.75, 3.05) is 30.9 Å². The molecule has 6 heteroatoms. The minimum Gasteiger partial charge on any atom is -0.395 e. The van der Waals surface area contributed by atoms with Crippen LogP contribution < -0.4 is 4.90 Å². The molecule has 1 N–H and O–H groups in total. The molecule has 0 amide bonds. The maximum absolute atomic E-state index is 9.00. The number of nitrogens with zero attached hydrogens (tertiary/aromatic N) is 3. The van der Waals surface area contributed by atoms with E-state index in [2.05, 4.69) is 16.9 Å². The molecular formula is C10H16ClN3OS. The number of halogens is 1. The number of rotatable bonds is 6. The molecule has 16 heavy (non-hydrogen) atoms. The Morgan fingerprint density at radius 2 is 2.19 bits per heavy atom. The van der Waals surface area contributed by atoms with Gasteiger partial charge in [0.05, 0.1) is 6.61 Å². The van der Waals surface area contributed by atoms with Crippen LogP contribution in [0, 0.1) is 0 Å². The number of aromatic nitrogens is 2. The van der Waals surface area contributed by atoms with Crippen LogP contribution in [-0.2, 0) is 0 Å². The van der Waals surface area contributed by atoms with Crippen LogP contribution in [0.25, 0.3) is 0 Å². The highest BCUT2D eigenvalue weighted by Gasteiger charge is 2.09. The van der Waals surface area contributed by atoms with Gasteiger partial charge in [0, 0.05) is 19.2 Å². The Kier molecular flexibility index (Phi) is 5.87. The first-order valence-corrected chi connectivity index (χ1v) is 6.76. The van der Waals surface area contributed by atoms with Crippen LogP contribution in [0.4, 0.5) is 5.82 Å². The maximum Gasteiger partial charge on any atom is 0.190 e. The summed E-state index contributed by atoms with van der Waals surface area (Å²) < 4.78 is 0. The van der Waals surface area contributed by atoms with Crippen molar-refractivity contribution in [1.29, 1.82) is 0 Å². The van der Waals surface area contributed by atoms with Crippen molar-refractivity contribution < 1.29 is 5.11 Å². The molecule has 1 aromatic heterocycles. The third-order valence-electron chi connectivity index (χ3n) is 2.03. The molecule has 1 heterocycles. The first kappa shape index (κ1) is 13.5. The van der Waals surface area contributed by atoms with E-state index < -0.39 is 0 Å². The van der Waals surface area contributed by atoms with E-state index >= 15 is 0 Å². The summed E-state index contributed by atoms with van der Waals surface area (Å²) in [4.78, 5) is 10.5. The monoisotopic (exact) mass is 261 g/mol. The van der Waals surface area contributed by atoms with Gasteiger partial charge in [-0.1, -0.05) is 30.3 Å². The Bertz CT molecular complexity index is 332. The second-order valence-electron chi connectivity index (χ2n) is 3.25. The Morgan fingerprint density at radius 3 is 2.75 bits per heavy atom. The minimum absolute atomic E-state index is 0.107. The highest BCUT2D eigenvalue weighted by molar-refractivity contribution is 7.98. The van der Waals surface area contributed by atoms with Crippen molar-refractivity contribution in [2.45, 2.75) is 18.5 Å². The van der Waals surface area contributed by atoms with Crippen molar-refractivity contribution in [1.82, 2.24) is 9.97 Å². The van der Waals surface area contributed by atoms with Gasteiger partial charge in [0.15, 0.2) is 5.16 Å². The van der Waals surface area contributed by atoms with Crippen molar-refractivity contribution >= 4 is 29.2 Å². The molecule has 0 atom stereocenters. The summed E-state index contributed by atoms with van der Waals surface area (Å²) in [5.41, 5.74) is 0. The summed E-state index contributed by atoms with van der Waals surface area (Å²) >= 11 is 7.37. The molecule has 0 aliphatic heterocycles. The lowest BCUT2D eigenvalue weighted by Crippen LogP contribution is -2.28. The minimum atomic E-state index is 0.107. The molecule has 0 bridgehead atoms. The molecule has 90 valence electrons. The SMILES string of the molecule is CCCN(CCO)c1cc(Cl)nc(SC)n1. The predicted molar refractivity (Wildman–Crippen MR) is 68.4 cm³/mol. The molecule has 0 unspecified atom stereocenters. The molecule has 1 aromatic rings. The normalized spacial score (nSPS) is 10.5. The molecule has 0 fully saturated rings. The van der Waals surface area contributed by atoms with Gasteiger partial charge in [-0.15, -0.1) is 0 Å². The fraction of sp³-hybridized carbons (Fsp3) is 0.600. The van der Waals surface area contributed by atoms with Crippen LogP contribution in [0.15, 0.2) is 11.2 Å². The van der Waals surface area contributed by atoms with E-state index in [4.69, 9.17) is 16.7 Å². The summed E-state index contributed by atoms with van der Waals surface area (Å²) in [5, 5.41) is 10.1. The first-order valence-electron chi connectivity index (χ1n) is 5.15. The van der Waals surface area contributed by atoms with Crippen molar-refractivity contribution in [3.8, 4) is 0 Å². The molecule has 0 radical (unpaired) electrons. The average Bonchev–Trinajstić information content (AvgIpc) is 2.28. The van der Waals surface area contributed by atoms with Gasteiger partial charge in [-0.3, -0.25) is 0 Å². The van der Waals surface area contributed by atoms with Crippen molar-refractivity contribution in [3.63, 3.8) is 0 Å². The lowest BCUT2D eigenvalue weighted by atomic mass is 10.4. The van der Waals surface area contributed by atoms with Gasteiger partial charge in [0.1, 0.15) is 11.0 Å². The summed E-state index contributed by atoms with van der Waals surface area (Å²) in [6.45, 7) is 3.61. The molecule has 0 aliphatic carbocycles. The molecular weight excluding hydrogens is 246 g/mol. The van der Waals surface area contributed by atoms with Crippen LogP contribution in [0.3, 0.4) is 0 Å². The third-order valence-corrected chi connectivity index (χ3v) is 2.77. The van der Waals surface area contributed by atoms with Crippen LogP contribution in [0.2, 0.25) is 5.15 Å². The number of hydrogen-bond donors (Lipinski definition) is 1.